The summed E-state index contributed by atoms with van der Waals surface area (Å²) in [4.78, 5) is 4.09. The number of nitrogens with zero attached hydrogens (tertiary/aromatic N) is 2. The zero-order valence-corrected chi connectivity index (χ0v) is 9.55. The minimum Gasteiger partial charge on any atom is -0.356 e. The van der Waals surface area contributed by atoms with Gasteiger partial charge in [0.25, 0.3) is 0 Å². The van der Waals surface area contributed by atoms with Gasteiger partial charge < -0.3 is 10.6 Å². The molecule has 0 bridgehead atoms. The molecule has 0 radical (unpaired) electrons. The van der Waals surface area contributed by atoms with Gasteiger partial charge in [-0.1, -0.05) is 18.2 Å². The molecule has 2 N–H and O–H groups in total. The van der Waals surface area contributed by atoms with Gasteiger partial charge in [0.2, 0.25) is 5.13 Å². The van der Waals surface area contributed by atoms with E-state index in [9.17, 15) is 0 Å². The van der Waals surface area contributed by atoms with Crippen molar-refractivity contribution in [2.45, 2.75) is 19.6 Å². The number of benzene rings is 1. The minimum atomic E-state index is 0.808. The van der Waals surface area contributed by atoms with E-state index < -0.39 is 0 Å². The predicted molar refractivity (Wildman–Crippen MR) is 64.2 cm³/mol. The Balaban J connectivity index is 1.71. The van der Waals surface area contributed by atoms with Crippen molar-refractivity contribution in [3.63, 3.8) is 0 Å². The third kappa shape index (κ3) is 1.91. The molecule has 16 heavy (non-hydrogen) atoms. The van der Waals surface area contributed by atoms with Crippen LogP contribution in [0.5, 0.6) is 0 Å². The van der Waals surface area contributed by atoms with Crippen molar-refractivity contribution in [1.29, 1.82) is 0 Å². The second kappa shape index (κ2) is 4.19. The quantitative estimate of drug-likeness (QED) is 0.846. The lowest BCUT2D eigenvalue weighted by Gasteiger charge is -2.04. The van der Waals surface area contributed by atoms with E-state index in [0.717, 1.165) is 24.8 Å². The van der Waals surface area contributed by atoms with E-state index in [-0.39, 0.29) is 0 Å². The first kappa shape index (κ1) is 9.74. The maximum atomic E-state index is 4.09. The van der Waals surface area contributed by atoms with Gasteiger partial charge in [0.05, 0.1) is 0 Å². The first-order valence-corrected chi connectivity index (χ1v) is 6.01. The number of hydrogen-bond donors (Lipinski definition) is 2. The van der Waals surface area contributed by atoms with Gasteiger partial charge in [-0.25, -0.2) is 4.98 Å². The number of rotatable bonds is 3. The topological polar surface area (TPSA) is 49.8 Å². The van der Waals surface area contributed by atoms with Crippen LogP contribution in [-0.2, 0) is 19.6 Å². The summed E-state index contributed by atoms with van der Waals surface area (Å²) in [5, 5.41) is 7.47. The van der Waals surface area contributed by atoms with E-state index in [1.165, 1.54) is 28.2 Å². The number of hydrogen-bond acceptors (Lipinski definition) is 5. The summed E-state index contributed by atoms with van der Waals surface area (Å²) >= 11 is 1.38. The van der Waals surface area contributed by atoms with Crippen molar-refractivity contribution in [3.05, 3.63) is 41.2 Å². The SMILES string of the molecule is c1nsc(NCc2ccc3c(c2)CNC3)n1. The molecule has 1 aliphatic rings. The van der Waals surface area contributed by atoms with Crippen LogP contribution in [0.1, 0.15) is 16.7 Å². The Bertz CT molecular complexity index is 481. The maximum Gasteiger partial charge on any atom is 0.202 e. The van der Waals surface area contributed by atoms with Gasteiger partial charge >= 0.3 is 0 Å². The van der Waals surface area contributed by atoms with E-state index in [1.54, 1.807) is 6.33 Å². The maximum absolute atomic E-state index is 4.09. The van der Waals surface area contributed by atoms with Gasteiger partial charge in [-0.15, -0.1) is 0 Å². The molecular formula is C11H12N4S. The molecule has 0 spiro atoms. The summed E-state index contributed by atoms with van der Waals surface area (Å²) in [6, 6.07) is 6.62. The Kier molecular flexibility index (Phi) is 2.55. The Morgan fingerprint density at radius 1 is 1.31 bits per heavy atom. The van der Waals surface area contributed by atoms with Crippen LogP contribution >= 0.6 is 11.5 Å². The standard InChI is InChI=1S/C11H12N4S/c1-2-9-5-12-6-10(9)3-8(1)4-13-11-14-7-15-16-11/h1-3,7,12H,4-6H2,(H,13,14,15). The third-order valence-electron chi connectivity index (χ3n) is 2.71. The lowest BCUT2D eigenvalue weighted by atomic mass is 10.1. The largest absolute Gasteiger partial charge is 0.356 e. The fourth-order valence-corrected chi connectivity index (χ4v) is 2.31. The molecule has 0 aliphatic carbocycles. The summed E-state index contributed by atoms with van der Waals surface area (Å²) in [6.45, 7) is 2.80. The van der Waals surface area contributed by atoms with Crippen LogP contribution in [0.4, 0.5) is 5.13 Å². The van der Waals surface area contributed by atoms with E-state index in [0.29, 0.717) is 0 Å². The molecule has 5 heteroatoms. The molecule has 1 aromatic heterocycles. The fraction of sp³-hybridized carbons (Fsp3) is 0.273. The van der Waals surface area contributed by atoms with E-state index >= 15 is 0 Å². The third-order valence-corrected chi connectivity index (χ3v) is 3.33. The van der Waals surface area contributed by atoms with Crippen LogP contribution in [0.15, 0.2) is 24.5 Å². The van der Waals surface area contributed by atoms with Crippen molar-refractivity contribution in [3.8, 4) is 0 Å². The minimum absolute atomic E-state index is 0.808. The number of aromatic nitrogens is 2. The van der Waals surface area contributed by atoms with Crippen molar-refractivity contribution < 1.29 is 0 Å². The van der Waals surface area contributed by atoms with Crippen LogP contribution in [0.25, 0.3) is 0 Å². The molecular weight excluding hydrogens is 220 g/mol. The highest BCUT2D eigenvalue weighted by atomic mass is 32.1. The molecule has 0 amide bonds. The molecule has 82 valence electrons. The number of fused-ring (bicyclic) bond motifs is 1. The molecule has 0 saturated carbocycles. The second-order valence-corrected chi connectivity index (χ2v) is 4.59. The second-order valence-electron chi connectivity index (χ2n) is 3.81. The highest BCUT2D eigenvalue weighted by molar-refractivity contribution is 7.09. The lowest BCUT2D eigenvalue weighted by Crippen LogP contribution is -2.00. The summed E-state index contributed by atoms with van der Waals surface area (Å²) in [7, 11) is 0. The first-order chi connectivity index (χ1) is 7.92. The highest BCUT2D eigenvalue weighted by Crippen LogP contribution is 2.18. The molecule has 0 saturated heterocycles. The van der Waals surface area contributed by atoms with Gasteiger partial charge in [-0.05, 0) is 16.7 Å². The normalized spacial score (nSPS) is 13.8. The molecule has 2 heterocycles. The van der Waals surface area contributed by atoms with Crippen LogP contribution in [-0.4, -0.2) is 9.36 Å². The van der Waals surface area contributed by atoms with E-state index in [1.807, 2.05) is 0 Å². The summed E-state index contributed by atoms with van der Waals surface area (Å²) in [5.41, 5.74) is 4.12. The first-order valence-electron chi connectivity index (χ1n) is 5.24. The number of nitrogens with one attached hydrogen (secondary N) is 2. The zero-order valence-electron chi connectivity index (χ0n) is 8.73. The molecule has 3 rings (SSSR count). The van der Waals surface area contributed by atoms with Crippen molar-refractivity contribution >= 4 is 16.7 Å². The molecule has 2 aromatic rings. The Labute approximate surface area is 97.9 Å². The van der Waals surface area contributed by atoms with E-state index in [2.05, 4.69) is 38.2 Å². The Hall–Kier alpha value is -1.46. The monoisotopic (exact) mass is 232 g/mol. The summed E-state index contributed by atoms with van der Waals surface area (Å²) in [6.07, 6.45) is 1.57. The molecule has 0 unspecified atom stereocenters. The predicted octanol–water partition coefficient (Wildman–Crippen LogP) is 1.75. The molecule has 0 fully saturated rings. The van der Waals surface area contributed by atoms with Crippen molar-refractivity contribution in [1.82, 2.24) is 14.7 Å². The van der Waals surface area contributed by atoms with Gasteiger partial charge in [0.15, 0.2) is 0 Å². The summed E-state index contributed by atoms with van der Waals surface area (Å²) < 4.78 is 3.95. The van der Waals surface area contributed by atoms with Crippen LogP contribution in [0, 0.1) is 0 Å². The molecule has 4 nitrogen and oxygen atoms in total. The van der Waals surface area contributed by atoms with Gasteiger partial charge in [0, 0.05) is 31.2 Å². The van der Waals surface area contributed by atoms with Gasteiger partial charge in [0.1, 0.15) is 6.33 Å². The average Bonchev–Trinajstić information content (AvgIpc) is 2.97. The van der Waals surface area contributed by atoms with Crippen molar-refractivity contribution in [2.24, 2.45) is 0 Å². The Morgan fingerprint density at radius 2 is 2.25 bits per heavy atom. The molecule has 1 aliphatic heterocycles. The van der Waals surface area contributed by atoms with Crippen LogP contribution in [0.3, 0.4) is 0 Å². The molecule has 0 atom stereocenters. The van der Waals surface area contributed by atoms with Crippen molar-refractivity contribution in [2.75, 3.05) is 5.32 Å². The average molecular weight is 232 g/mol. The smallest absolute Gasteiger partial charge is 0.202 e. The lowest BCUT2D eigenvalue weighted by molar-refractivity contribution is 0.764. The Morgan fingerprint density at radius 3 is 3.12 bits per heavy atom. The zero-order chi connectivity index (χ0) is 10.8. The highest BCUT2D eigenvalue weighted by Gasteiger charge is 2.09. The molecule has 1 aromatic carbocycles. The fourth-order valence-electron chi connectivity index (χ4n) is 1.89. The van der Waals surface area contributed by atoms with Gasteiger partial charge in [-0.2, -0.15) is 4.37 Å². The summed E-state index contributed by atoms with van der Waals surface area (Å²) in [5.74, 6) is 0. The van der Waals surface area contributed by atoms with Crippen LogP contribution in [0.2, 0.25) is 0 Å². The number of anilines is 1. The van der Waals surface area contributed by atoms with E-state index in [4.69, 9.17) is 0 Å². The van der Waals surface area contributed by atoms with Crippen LogP contribution < -0.4 is 10.6 Å². The van der Waals surface area contributed by atoms with Gasteiger partial charge in [-0.3, -0.25) is 0 Å².